The number of rotatable bonds is 3. The lowest BCUT2D eigenvalue weighted by Gasteiger charge is -1.99. The number of aldehydes is 1. The Balaban J connectivity index is 2.57. The van der Waals surface area contributed by atoms with Crippen molar-refractivity contribution in [1.82, 2.24) is 15.0 Å². The third-order valence-corrected chi connectivity index (χ3v) is 1.97. The summed E-state index contributed by atoms with van der Waals surface area (Å²) in [6.07, 6.45) is 0.785. The summed E-state index contributed by atoms with van der Waals surface area (Å²) in [5.74, 6) is 0.729. The lowest BCUT2D eigenvalue weighted by atomic mass is 10.3. The van der Waals surface area contributed by atoms with Crippen LogP contribution in [0.4, 0.5) is 0 Å². The highest BCUT2D eigenvalue weighted by molar-refractivity contribution is 5.76. The lowest BCUT2D eigenvalue weighted by molar-refractivity contribution is -0.108. The summed E-state index contributed by atoms with van der Waals surface area (Å²) in [5, 5.41) is 7.75. The van der Waals surface area contributed by atoms with Crippen LogP contribution in [-0.2, 0) is 11.3 Å². The summed E-state index contributed by atoms with van der Waals surface area (Å²) < 4.78 is 6.60. The molecular formula is C9H9N3O2. The summed E-state index contributed by atoms with van der Waals surface area (Å²) in [7, 11) is 1.59. The molecule has 0 spiro atoms. The molecule has 0 unspecified atom stereocenters. The van der Waals surface area contributed by atoms with E-state index in [4.69, 9.17) is 4.74 Å². The topological polar surface area (TPSA) is 57.0 Å². The number of nitrogens with zero attached hydrogens (tertiary/aromatic N) is 3. The Hall–Kier alpha value is -1.91. The van der Waals surface area contributed by atoms with E-state index in [0.717, 1.165) is 23.1 Å². The van der Waals surface area contributed by atoms with Gasteiger partial charge in [0.25, 0.3) is 0 Å². The maximum Gasteiger partial charge on any atom is 0.141 e. The van der Waals surface area contributed by atoms with Crippen LogP contribution >= 0.6 is 0 Å². The molecule has 14 heavy (non-hydrogen) atoms. The van der Waals surface area contributed by atoms with Crippen molar-refractivity contribution >= 4 is 17.3 Å². The second-order valence-electron chi connectivity index (χ2n) is 2.79. The molecule has 5 heteroatoms. The van der Waals surface area contributed by atoms with Crippen molar-refractivity contribution in [3.63, 3.8) is 0 Å². The number of aromatic nitrogens is 3. The molecule has 0 aliphatic rings. The number of ether oxygens (including phenoxy) is 1. The Bertz CT molecular complexity index is 464. The summed E-state index contributed by atoms with van der Waals surface area (Å²) in [5.41, 5.74) is 1.56. The highest BCUT2D eigenvalue weighted by Crippen LogP contribution is 2.18. The molecule has 0 saturated carbocycles. The van der Waals surface area contributed by atoms with Crippen molar-refractivity contribution in [2.24, 2.45) is 0 Å². The van der Waals surface area contributed by atoms with E-state index in [-0.39, 0.29) is 6.54 Å². The average Bonchev–Trinajstić information content (AvgIpc) is 2.61. The third-order valence-electron chi connectivity index (χ3n) is 1.97. The molecule has 0 radical (unpaired) electrons. The molecule has 0 saturated heterocycles. The van der Waals surface area contributed by atoms with Crippen molar-refractivity contribution in [2.45, 2.75) is 6.54 Å². The largest absolute Gasteiger partial charge is 0.497 e. The minimum atomic E-state index is 0.212. The van der Waals surface area contributed by atoms with E-state index >= 15 is 0 Å². The Labute approximate surface area is 80.3 Å². The average molecular weight is 191 g/mol. The number of carbonyl (C=O) groups is 1. The van der Waals surface area contributed by atoms with Gasteiger partial charge in [-0.25, -0.2) is 4.68 Å². The lowest BCUT2D eigenvalue weighted by Crippen LogP contribution is -2.00. The first kappa shape index (κ1) is 8.68. The van der Waals surface area contributed by atoms with Gasteiger partial charge in [0, 0.05) is 6.07 Å². The van der Waals surface area contributed by atoms with Crippen LogP contribution in [0.1, 0.15) is 0 Å². The summed E-state index contributed by atoms with van der Waals surface area (Å²) in [6.45, 7) is 0.212. The molecule has 1 heterocycles. The SMILES string of the molecule is COc1ccc2nnn(CC=O)c2c1. The first-order valence-electron chi connectivity index (χ1n) is 4.16. The first-order chi connectivity index (χ1) is 6.85. The van der Waals surface area contributed by atoms with Crippen LogP contribution in [0.2, 0.25) is 0 Å². The molecule has 1 aromatic heterocycles. The predicted octanol–water partition coefficient (Wildman–Crippen LogP) is 0.639. The Kier molecular flexibility index (Phi) is 2.14. The summed E-state index contributed by atoms with van der Waals surface area (Å²) in [6, 6.07) is 5.42. The van der Waals surface area contributed by atoms with Crippen LogP contribution < -0.4 is 4.74 Å². The first-order valence-corrected chi connectivity index (χ1v) is 4.16. The maximum atomic E-state index is 10.4. The van der Waals surface area contributed by atoms with Gasteiger partial charge in [0.05, 0.1) is 19.2 Å². The second-order valence-corrected chi connectivity index (χ2v) is 2.79. The molecule has 0 amide bonds. The van der Waals surface area contributed by atoms with Crippen molar-refractivity contribution in [3.8, 4) is 5.75 Å². The van der Waals surface area contributed by atoms with Crippen LogP contribution in [0, 0.1) is 0 Å². The van der Waals surface area contributed by atoms with E-state index < -0.39 is 0 Å². The Morgan fingerprint density at radius 1 is 1.57 bits per heavy atom. The molecule has 2 aromatic rings. The molecular weight excluding hydrogens is 182 g/mol. The minimum absolute atomic E-state index is 0.212. The fourth-order valence-electron chi connectivity index (χ4n) is 1.28. The molecule has 0 aliphatic carbocycles. The fraction of sp³-hybridized carbons (Fsp3) is 0.222. The third kappa shape index (κ3) is 1.32. The molecule has 0 N–H and O–H groups in total. The predicted molar refractivity (Wildman–Crippen MR) is 50.1 cm³/mol. The van der Waals surface area contributed by atoms with Crippen molar-refractivity contribution < 1.29 is 9.53 Å². The van der Waals surface area contributed by atoms with Gasteiger partial charge in [0.2, 0.25) is 0 Å². The van der Waals surface area contributed by atoms with Crippen molar-refractivity contribution in [3.05, 3.63) is 18.2 Å². The van der Waals surface area contributed by atoms with Gasteiger partial charge < -0.3 is 9.53 Å². The van der Waals surface area contributed by atoms with Crippen LogP contribution in [0.3, 0.4) is 0 Å². The molecule has 0 fully saturated rings. The Morgan fingerprint density at radius 3 is 3.14 bits per heavy atom. The van der Waals surface area contributed by atoms with Gasteiger partial charge in [-0.3, -0.25) is 0 Å². The second kappa shape index (κ2) is 3.45. The minimum Gasteiger partial charge on any atom is -0.497 e. The van der Waals surface area contributed by atoms with Gasteiger partial charge in [0.1, 0.15) is 17.6 Å². The molecule has 72 valence electrons. The van der Waals surface area contributed by atoms with Gasteiger partial charge in [0.15, 0.2) is 0 Å². The molecule has 2 rings (SSSR count). The van der Waals surface area contributed by atoms with Gasteiger partial charge >= 0.3 is 0 Å². The highest BCUT2D eigenvalue weighted by atomic mass is 16.5. The van der Waals surface area contributed by atoms with E-state index in [1.165, 1.54) is 4.68 Å². The molecule has 5 nitrogen and oxygen atoms in total. The molecule has 1 aromatic carbocycles. The number of hydrogen-bond acceptors (Lipinski definition) is 4. The zero-order chi connectivity index (χ0) is 9.97. The summed E-state index contributed by atoms with van der Waals surface area (Å²) >= 11 is 0. The van der Waals surface area contributed by atoms with E-state index in [2.05, 4.69) is 10.3 Å². The smallest absolute Gasteiger partial charge is 0.141 e. The molecule has 0 aliphatic heterocycles. The molecule has 0 atom stereocenters. The zero-order valence-corrected chi connectivity index (χ0v) is 7.67. The number of carbonyl (C=O) groups excluding carboxylic acids is 1. The van der Waals surface area contributed by atoms with Gasteiger partial charge in [-0.1, -0.05) is 5.21 Å². The van der Waals surface area contributed by atoms with E-state index in [1.54, 1.807) is 13.2 Å². The van der Waals surface area contributed by atoms with Crippen molar-refractivity contribution in [2.75, 3.05) is 7.11 Å². The van der Waals surface area contributed by atoms with Crippen LogP contribution in [-0.4, -0.2) is 28.4 Å². The van der Waals surface area contributed by atoms with E-state index in [9.17, 15) is 4.79 Å². The summed E-state index contributed by atoms with van der Waals surface area (Å²) in [4.78, 5) is 10.4. The monoisotopic (exact) mass is 191 g/mol. The van der Waals surface area contributed by atoms with Gasteiger partial charge in [-0.15, -0.1) is 5.10 Å². The standard InChI is InChI=1S/C9H9N3O2/c1-14-7-2-3-8-9(6-7)12(4-5-13)11-10-8/h2-3,5-6H,4H2,1H3. The van der Waals surface area contributed by atoms with Gasteiger partial charge in [-0.05, 0) is 12.1 Å². The number of benzene rings is 1. The highest BCUT2D eigenvalue weighted by Gasteiger charge is 2.04. The van der Waals surface area contributed by atoms with Gasteiger partial charge in [-0.2, -0.15) is 0 Å². The number of hydrogen-bond donors (Lipinski definition) is 0. The number of methoxy groups -OCH3 is 1. The number of fused-ring (bicyclic) bond motifs is 1. The molecule has 0 bridgehead atoms. The van der Waals surface area contributed by atoms with Crippen LogP contribution in [0.15, 0.2) is 18.2 Å². The van der Waals surface area contributed by atoms with Crippen LogP contribution in [0.25, 0.3) is 11.0 Å². The van der Waals surface area contributed by atoms with E-state index in [0.29, 0.717) is 0 Å². The Morgan fingerprint density at radius 2 is 2.43 bits per heavy atom. The quantitative estimate of drug-likeness (QED) is 0.668. The maximum absolute atomic E-state index is 10.4. The fourth-order valence-corrected chi connectivity index (χ4v) is 1.28. The normalized spacial score (nSPS) is 10.4. The van der Waals surface area contributed by atoms with E-state index in [1.807, 2.05) is 12.1 Å². The zero-order valence-electron chi connectivity index (χ0n) is 7.67. The van der Waals surface area contributed by atoms with Crippen LogP contribution in [0.5, 0.6) is 5.75 Å². The van der Waals surface area contributed by atoms with Crippen molar-refractivity contribution in [1.29, 1.82) is 0 Å².